The molecule has 1 fully saturated rings. The van der Waals surface area contributed by atoms with E-state index in [1.54, 1.807) is 19.9 Å². The van der Waals surface area contributed by atoms with E-state index >= 15 is 0 Å². The molecule has 1 aliphatic carbocycles. The zero-order chi connectivity index (χ0) is 28.0. The molecule has 0 saturated carbocycles. The van der Waals surface area contributed by atoms with Crippen LogP contribution in [0.4, 0.5) is 0 Å². The number of carbonyl (C=O) groups is 2. The Morgan fingerprint density at radius 3 is 2.53 bits per heavy atom. The fraction of sp³-hybridized carbons (Fsp3) is 0.615. The number of fused-ring (bicyclic) bond motifs is 1. The highest BCUT2D eigenvalue weighted by Crippen LogP contribution is 2.41. The number of hydrogen-bond donors (Lipinski definition) is 6. The molecule has 1 saturated heterocycles. The number of ketones is 1. The topological polar surface area (TPSA) is 192 Å². The van der Waals surface area contributed by atoms with Crippen molar-refractivity contribution in [3.8, 4) is 17.2 Å². The quantitative estimate of drug-likeness (QED) is 0.272. The number of allylic oxidation sites excluding steroid dienone is 1. The molecule has 0 aromatic heterocycles. The minimum Gasteiger partial charge on any atom is -0.507 e. The van der Waals surface area contributed by atoms with Crippen molar-refractivity contribution in [1.29, 1.82) is 0 Å². The van der Waals surface area contributed by atoms with Crippen LogP contribution in [0.1, 0.15) is 56.8 Å². The van der Waals surface area contributed by atoms with Crippen LogP contribution in [-0.4, -0.2) is 91.1 Å². The van der Waals surface area contributed by atoms with Crippen molar-refractivity contribution in [1.82, 2.24) is 0 Å². The molecule has 4 rings (SSSR count). The van der Waals surface area contributed by atoms with Crippen LogP contribution in [0.2, 0.25) is 0 Å². The lowest BCUT2D eigenvalue weighted by Crippen LogP contribution is -2.60. The Bertz CT molecular complexity index is 1100. The van der Waals surface area contributed by atoms with Gasteiger partial charge in [0.2, 0.25) is 12.1 Å². The van der Waals surface area contributed by atoms with Crippen molar-refractivity contribution in [2.24, 2.45) is 5.92 Å². The Kier molecular flexibility index (Phi) is 7.77. The third kappa shape index (κ3) is 5.95. The second-order valence-electron chi connectivity index (χ2n) is 10.8. The number of Topliss-reactive ketones (excluding diaryl/α,β-unsaturated/α-hetero) is 1. The van der Waals surface area contributed by atoms with Gasteiger partial charge in [0, 0.05) is 24.6 Å². The van der Waals surface area contributed by atoms with Crippen LogP contribution in [0.5, 0.6) is 17.2 Å². The van der Waals surface area contributed by atoms with Gasteiger partial charge in [-0.2, -0.15) is 0 Å². The van der Waals surface area contributed by atoms with Gasteiger partial charge in [-0.15, -0.1) is 0 Å². The third-order valence-corrected chi connectivity index (χ3v) is 7.12. The standard InChI is InChI=1S/C26H34O12/c1-25(2,33)13-6-4-12(5-7-13)23(32)35-11-18-20(29)21(30)22(31)24(37-18)36-14-8-15(27)19-16(28)10-26(3,34)38-17(19)9-14/h4,8-9,13,18,20-22,24,27,29-31,33-34H,5-7,10-11H2,1-3H3/t13-,18-,20-,21+,22-,24-,26?/m1/s1. The van der Waals surface area contributed by atoms with E-state index in [0.717, 1.165) is 6.07 Å². The van der Waals surface area contributed by atoms with Gasteiger partial charge in [0.15, 0.2) is 5.78 Å². The fourth-order valence-corrected chi connectivity index (χ4v) is 4.86. The van der Waals surface area contributed by atoms with Gasteiger partial charge in [0.05, 0.1) is 12.0 Å². The second-order valence-corrected chi connectivity index (χ2v) is 10.8. The van der Waals surface area contributed by atoms with E-state index in [1.165, 1.54) is 13.0 Å². The lowest BCUT2D eigenvalue weighted by atomic mass is 9.79. The molecule has 0 radical (unpaired) electrons. The zero-order valence-electron chi connectivity index (χ0n) is 21.4. The minimum atomic E-state index is -1.80. The predicted octanol–water partition coefficient (Wildman–Crippen LogP) is 0.293. The molecule has 7 atom stereocenters. The molecule has 2 heterocycles. The maximum absolute atomic E-state index is 12.6. The van der Waals surface area contributed by atoms with Crippen molar-refractivity contribution in [3.63, 3.8) is 0 Å². The number of aliphatic hydroxyl groups excluding tert-OH is 3. The first-order chi connectivity index (χ1) is 17.7. The average Bonchev–Trinajstić information content (AvgIpc) is 2.81. The summed E-state index contributed by atoms with van der Waals surface area (Å²) >= 11 is 0. The molecule has 2 aliphatic heterocycles. The maximum atomic E-state index is 12.6. The Labute approximate surface area is 219 Å². The number of aromatic hydroxyl groups is 1. The Morgan fingerprint density at radius 1 is 1.18 bits per heavy atom. The predicted molar refractivity (Wildman–Crippen MR) is 128 cm³/mol. The number of ether oxygens (including phenoxy) is 4. The Hall–Kier alpha value is -2.74. The summed E-state index contributed by atoms with van der Waals surface area (Å²) in [6, 6.07) is 2.29. The lowest BCUT2D eigenvalue weighted by Gasteiger charge is -2.40. The maximum Gasteiger partial charge on any atom is 0.333 e. The molecule has 0 bridgehead atoms. The van der Waals surface area contributed by atoms with E-state index in [-0.39, 0.29) is 29.4 Å². The van der Waals surface area contributed by atoms with Crippen LogP contribution in [0.15, 0.2) is 23.8 Å². The number of phenols is 1. The van der Waals surface area contributed by atoms with Gasteiger partial charge < -0.3 is 49.6 Å². The van der Waals surface area contributed by atoms with Gasteiger partial charge in [0.1, 0.15) is 53.8 Å². The molecule has 12 heteroatoms. The highest BCUT2D eigenvalue weighted by atomic mass is 16.7. The van der Waals surface area contributed by atoms with Gasteiger partial charge >= 0.3 is 5.97 Å². The zero-order valence-corrected chi connectivity index (χ0v) is 21.4. The van der Waals surface area contributed by atoms with Gasteiger partial charge in [-0.3, -0.25) is 4.79 Å². The van der Waals surface area contributed by atoms with Crippen LogP contribution in [0.25, 0.3) is 0 Å². The first-order valence-electron chi connectivity index (χ1n) is 12.4. The van der Waals surface area contributed by atoms with Gasteiger partial charge in [-0.25, -0.2) is 4.79 Å². The van der Waals surface area contributed by atoms with Crippen molar-refractivity contribution in [2.75, 3.05) is 6.61 Å². The molecular weight excluding hydrogens is 504 g/mol. The van der Waals surface area contributed by atoms with Crippen LogP contribution >= 0.6 is 0 Å². The molecule has 3 aliphatic rings. The average molecular weight is 539 g/mol. The highest BCUT2D eigenvalue weighted by molar-refractivity contribution is 6.02. The van der Waals surface area contributed by atoms with E-state index in [2.05, 4.69) is 0 Å². The third-order valence-electron chi connectivity index (χ3n) is 7.12. The first-order valence-corrected chi connectivity index (χ1v) is 12.4. The molecule has 0 amide bonds. The summed E-state index contributed by atoms with van der Waals surface area (Å²) in [5, 5.41) is 61.7. The molecule has 6 N–H and O–H groups in total. The van der Waals surface area contributed by atoms with Gasteiger partial charge in [-0.1, -0.05) is 6.08 Å². The van der Waals surface area contributed by atoms with Crippen molar-refractivity contribution in [2.45, 2.75) is 88.5 Å². The van der Waals surface area contributed by atoms with Crippen LogP contribution in [-0.2, 0) is 14.3 Å². The summed E-state index contributed by atoms with van der Waals surface area (Å²) in [5.74, 6) is -3.71. The number of esters is 1. The van der Waals surface area contributed by atoms with Crippen LogP contribution in [0, 0.1) is 5.92 Å². The van der Waals surface area contributed by atoms with E-state index < -0.39 is 66.2 Å². The highest BCUT2D eigenvalue weighted by Gasteiger charge is 2.46. The van der Waals surface area contributed by atoms with Crippen molar-refractivity contribution >= 4 is 11.8 Å². The van der Waals surface area contributed by atoms with E-state index in [4.69, 9.17) is 18.9 Å². The molecule has 12 nitrogen and oxygen atoms in total. The number of aliphatic hydroxyl groups is 5. The SMILES string of the molecule is CC1(O)CC(=O)c2c(O)cc(O[C@@H]3O[C@H](COC(=O)C4=CC[C@@H](C(C)(C)O)CC4)[C@@H](O)[C@H](O)[C@H]3O)cc2O1. The normalized spacial score (nSPS) is 33.6. The number of hydrogen-bond acceptors (Lipinski definition) is 12. The molecule has 1 aromatic rings. The number of benzene rings is 1. The monoisotopic (exact) mass is 538 g/mol. The largest absolute Gasteiger partial charge is 0.507 e. The van der Waals surface area contributed by atoms with Crippen molar-refractivity contribution < 1.29 is 59.2 Å². The number of carbonyl (C=O) groups excluding carboxylic acids is 2. The summed E-state index contributed by atoms with van der Waals surface area (Å²) in [4.78, 5) is 24.8. The fourth-order valence-electron chi connectivity index (χ4n) is 4.86. The second kappa shape index (κ2) is 10.4. The smallest absolute Gasteiger partial charge is 0.333 e. The Balaban J connectivity index is 1.42. The lowest BCUT2D eigenvalue weighted by molar-refractivity contribution is -0.278. The minimum absolute atomic E-state index is 0.00904. The number of phenolic OH excluding ortho intramolecular Hbond substituents is 1. The van der Waals surface area contributed by atoms with Crippen molar-refractivity contribution in [3.05, 3.63) is 29.3 Å². The summed E-state index contributed by atoms with van der Waals surface area (Å²) in [6.07, 6.45) is -5.00. The summed E-state index contributed by atoms with van der Waals surface area (Å²) in [6.45, 7) is 4.27. The van der Waals surface area contributed by atoms with Gasteiger partial charge in [-0.05, 0) is 39.0 Å². The molecule has 0 spiro atoms. The van der Waals surface area contributed by atoms with Crippen LogP contribution in [0.3, 0.4) is 0 Å². The summed E-state index contributed by atoms with van der Waals surface area (Å²) in [5.41, 5.74) is -0.578. The molecule has 38 heavy (non-hydrogen) atoms. The van der Waals surface area contributed by atoms with E-state index in [0.29, 0.717) is 24.8 Å². The molecule has 210 valence electrons. The van der Waals surface area contributed by atoms with Crippen LogP contribution < -0.4 is 9.47 Å². The van der Waals surface area contributed by atoms with Gasteiger partial charge in [0.25, 0.3) is 0 Å². The first kappa shape index (κ1) is 28.3. The number of rotatable bonds is 6. The molecule has 1 aromatic carbocycles. The Morgan fingerprint density at radius 2 is 1.89 bits per heavy atom. The summed E-state index contributed by atoms with van der Waals surface area (Å²) < 4.78 is 21.8. The molecule has 1 unspecified atom stereocenters. The molecular formula is C26H34O12. The summed E-state index contributed by atoms with van der Waals surface area (Å²) in [7, 11) is 0. The van der Waals surface area contributed by atoms with E-state index in [1.807, 2.05) is 0 Å². The van der Waals surface area contributed by atoms with E-state index in [9.17, 15) is 40.2 Å².